The molecule has 0 unspecified atom stereocenters. The van der Waals surface area contributed by atoms with Crippen molar-refractivity contribution < 1.29 is 8.42 Å². The zero-order valence-electron chi connectivity index (χ0n) is 17.5. The number of piperazine rings is 1. The van der Waals surface area contributed by atoms with Gasteiger partial charge in [-0.25, -0.2) is 13.4 Å². The number of rotatable bonds is 4. The van der Waals surface area contributed by atoms with Crippen LogP contribution in [0, 0.1) is 20.8 Å². The number of nitrogens with zero attached hydrogens (tertiary/aromatic N) is 3. The van der Waals surface area contributed by atoms with Gasteiger partial charge in [0.1, 0.15) is 5.82 Å². The number of sulfonamides is 1. The van der Waals surface area contributed by atoms with Gasteiger partial charge >= 0.3 is 0 Å². The van der Waals surface area contributed by atoms with Crippen molar-refractivity contribution >= 4 is 20.9 Å². The van der Waals surface area contributed by atoms with Gasteiger partial charge in [-0.1, -0.05) is 29.8 Å². The van der Waals surface area contributed by atoms with Crippen LogP contribution in [0.1, 0.15) is 22.5 Å². The van der Waals surface area contributed by atoms with Gasteiger partial charge in [0, 0.05) is 26.2 Å². The summed E-state index contributed by atoms with van der Waals surface area (Å²) in [6.45, 7) is 8.14. The summed E-state index contributed by atoms with van der Waals surface area (Å²) in [6, 6.07) is 11.1. The highest BCUT2D eigenvalue weighted by Gasteiger charge is 2.31. The van der Waals surface area contributed by atoms with Gasteiger partial charge in [-0.2, -0.15) is 4.31 Å². The number of benzene rings is 2. The summed E-state index contributed by atoms with van der Waals surface area (Å²) < 4.78 is 28.0. The lowest BCUT2D eigenvalue weighted by atomic mass is 10.1. The van der Waals surface area contributed by atoms with Gasteiger partial charge in [-0.05, 0) is 44.0 Å². The lowest BCUT2D eigenvalue weighted by Gasteiger charge is -2.34. The van der Waals surface area contributed by atoms with Crippen LogP contribution in [0.5, 0.6) is 0 Å². The smallest absolute Gasteiger partial charge is 0.258 e. The Labute approximate surface area is 176 Å². The Morgan fingerprint density at radius 1 is 1.00 bits per heavy atom. The average Bonchev–Trinajstić information content (AvgIpc) is 2.67. The van der Waals surface area contributed by atoms with Crippen molar-refractivity contribution in [2.75, 3.05) is 26.2 Å². The highest BCUT2D eigenvalue weighted by Crippen LogP contribution is 2.26. The lowest BCUT2D eigenvalue weighted by molar-refractivity contribution is 0.178. The highest BCUT2D eigenvalue weighted by atomic mass is 32.2. The molecule has 0 aliphatic carbocycles. The van der Waals surface area contributed by atoms with E-state index in [1.54, 1.807) is 10.4 Å². The molecular formula is C22H26N4O3S. The van der Waals surface area contributed by atoms with Crippen molar-refractivity contribution in [3.63, 3.8) is 0 Å². The molecule has 158 valence electrons. The van der Waals surface area contributed by atoms with E-state index in [0.717, 1.165) is 16.7 Å². The van der Waals surface area contributed by atoms with E-state index in [0.29, 0.717) is 54.3 Å². The first-order chi connectivity index (χ1) is 14.3. The molecule has 0 bridgehead atoms. The van der Waals surface area contributed by atoms with Gasteiger partial charge in [0.25, 0.3) is 5.56 Å². The van der Waals surface area contributed by atoms with Crippen LogP contribution in [0.4, 0.5) is 0 Å². The van der Waals surface area contributed by atoms with Crippen molar-refractivity contribution in [1.29, 1.82) is 0 Å². The van der Waals surface area contributed by atoms with Crippen molar-refractivity contribution in [3.8, 4) is 0 Å². The molecule has 1 fully saturated rings. The summed E-state index contributed by atoms with van der Waals surface area (Å²) >= 11 is 0. The molecule has 1 N–H and O–H groups in total. The molecule has 30 heavy (non-hydrogen) atoms. The number of aryl methyl sites for hydroxylation is 3. The molecule has 0 atom stereocenters. The van der Waals surface area contributed by atoms with Crippen molar-refractivity contribution in [3.05, 3.63) is 69.3 Å². The molecular weight excluding hydrogens is 400 g/mol. The number of hydrogen-bond acceptors (Lipinski definition) is 5. The molecule has 0 saturated carbocycles. The summed E-state index contributed by atoms with van der Waals surface area (Å²) in [6.07, 6.45) is 0. The molecule has 1 saturated heterocycles. The first kappa shape index (κ1) is 20.7. The zero-order valence-corrected chi connectivity index (χ0v) is 18.3. The van der Waals surface area contributed by atoms with E-state index in [2.05, 4.69) is 14.9 Å². The second kappa shape index (κ2) is 7.94. The van der Waals surface area contributed by atoms with Crippen molar-refractivity contribution in [1.82, 2.24) is 19.2 Å². The first-order valence-electron chi connectivity index (χ1n) is 10.0. The fraction of sp³-hybridized carbons (Fsp3) is 0.364. The maximum absolute atomic E-state index is 13.2. The second-order valence-electron chi connectivity index (χ2n) is 7.94. The second-order valence-corrected chi connectivity index (χ2v) is 9.81. The molecule has 8 heteroatoms. The summed E-state index contributed by atoms with van der Waals surface area (Å²) in [7, 11) is -3.54. The normalized spacial score (nSPS) is 16.2. The van der Waals surface area contributed by atoms with E-state index < -0.39 is 10.0 Å². The Bertz CT molecular complexity index is 1240. The summed E-state index contributed by atoms with van der Waals surface area (Å²) in [5, 5.41) is 0.570. The Balaban J connectivity index is 1.49. The van der Waals surface area contributed by atoms with E-state index in [-0.39, 0.29) is 5.56 Å². The third-order valence-electron chi connectivity index (χ3n) is 5.57. The van der Waals surface area contributed by atoms with Crippen LogP contribution >= 0.6 is 0 Å². The molecule has 0 amide bonds. The van der Waals surface area contributed by atoms with Crippen molar-refractivity contribution in [2.45, 2.75) is 32.2 Å². The average molecular weight is 427 g/mol. The molecule has 0 radical (unpaired) electrons. The summed E-state index contributed by atoms with van der Waals surface area (Å²) in [4.78, 5) is 22.2. The van der Waals surface area contributed by atoms with Crippen LogP contribution in [-0.4, -0.2) is 53.8 Å². The molecule has 1 aromatic heterocycles. The zero-order chi connectivity index (χ0) is 21.5. The molecule has 2 heterocycles. The summed E-state index contributed by atoms with van der Waals surface area (Å²) in [5.41, 5.74) is 3.15. The van der Waals surface area contributed by atoms with Crippen LogP contribution in [0.25, 0.3) is 10.9 Å². The van der Waals surface area contributed by atoms with Gasteiger partial charge in [-0.15, -0.1) is 0 Å². The molecule has 1 aliphatic heterocycles. The fourth-order valence-electron chi connectivity index (χ4n) is 4.25. The Hall–Kier alpha value is -2.55. The third kappa shape index (κ3) is 3.90. The Morgan fingerprint density at radius 2 is 1.63 bits per heavy atom. The molecule has 1 aliphatic rings. The lowest BCUT2D eigenvalue weighted by Crippen LogP contribution is -2.48. The predicted octanol–water partition coefficient (Wildman–Crippen LogP) is 2.35. The van der Waals surface area contributed by atoms with Gasteiger partial charge in [0.15, 0.2) is 0 Å². The summed E-state index contributed by atoms with van der Waals surface area (Å²) in [5.74, 6) is 0.597. The topological polar surface area (TPSA) is 86.4 Å². The molecule has 0 spiro atoms. The predicted molar refractivity (Wildman–Crippen MR) is 117 cm³/mol. The standard InChI is InChI=1S/C22H26N4O3S/c1-15-12-16(2)21(17(3)13-15)30(28,29)26-10-8-25(9-11-26)14-20-23-19-7-5-4-6-18(19)22(27)24-20/h4-7,12-13H,8-11,14H2,1-3H3,(H,23,24,27). The van der Waals surface area contributed by atoms with Crippen LogP contribution in [-0.2, 0) is 16.6 Å². The fourth-order valence-corrected chi connectivity index (χ4v) is 6.09. The minimum absolute atomic E-state index is 0.151. The van der Waals surface area contributed by atoms with Gasteiger partial charge < -0.3 is 4.98 Å². The highest BCUT2D eigenvalue weighted by molar-refractivity contribution is 7.89. The molecule has 7 nitrogen and oxygen atoms in total. The van der Waals surface area contributed by atoms with E-state index in [9.17, 15) is 13.2 Å². The largest absolute Gasteiger partial charge is 0.309 e. The molecule has 4 rings (SSSR count). The Morgan fingerprint density at radius 3 is 2.30 bits per heavy atom. The SMILES string of the molecule is Cc1cc(C)c(S(=O)(=O)N2CCN(Cc3nc4ccccc4c(=O)[nH]3)CC2)c(C)c1. The van der Waals surface area contributed by atoms with Gasteiger partial charge in [-0.3, -0.25) is 9.69 Å². The number of H-pyrrole nitrogens is 1. The van der Waals surface area contributed by atoms with Gasteiger partial charge in [0.05, 0.1) is 22.3 Å². The quantitative estimate of drug-likeness (QED) is 0.692. The van der Waals surface area contributed by atoms with Crippen LogP contribution in [0.3, 0.4) is 0 Å². The first-order valence-corrected chi connectivity index (χ1v) is 11.5. The van der Waals surface area contributed by atoms with E-state index in [4.69, 9.17) is 0 Å². The van der Waals surface area contributed by atoms with Gasteiger partial charge in [0.2, 0.25) is 10.0 Å². The molecule has 2 aromatic carbocycles. The van der Waals surface area contributed by atoms with Crippen LogP contribution < -0.4 is 5.56 Å². The minimum Gasteiger partial charge on any atom is -0.309 e. The monoisotopic (exact) mass is 426 g/mol. The number of hydrogen-bond donors (Lipinski definition) is 1. The van der Waals surface area contributed by atoms with Crippen LogP contribution in [0.2, 0.25) is 0 Å². The van der Waals surface area contributed by atoms with Crippen LogP contribution in [0.15, 0.2) is 46.1 Å². The maximum Gasteiger partial charge on any atom is 0.258 e. The number of aromatic amines is 1. The minimum atomic E-state index is -3.54. The number of fused-ring (bicyclic) bond motifs is 1. The van der Waals surface area contributed by atoms with E-state index >= 15 is 0 Å². The van der Waals surface area contributed by atoms with Crippen molar-refractivity contribution in [2.24, 2.45) is 0 Å². The number of nitrogens with one attached hydrogen (secondary N) is 1. The van der Waals surface area contributed by atoms with E-state index in [1.165, 1.54) is 0 Å². The Kier molecular flexibility index (Phi) is 5.48. The maximum atomic E-state index is 13.2. The van der Waals surface area contributed by atoms with E-state index in [1.807, 2.05) is 51.1 Å². The number of aromatic nitrogens is 2. The molecule has 3 aromatic rings. The number of para-hydroxylation sites is 1. The third-order valence-corrected chi connectivity index (χ3v) is 7.77.